The quantitative estimate of drug-likeness (QED) is 0.278. The van der Waals surface area contributed by atoms with Crippen LogP contribution in [-0.4, -0.2) is 40.3 Å². The van der Waals surface area contributed by atoms with Crippen molar-refractivity contribution in [3.63, 3.8) is 0 Å². The lowest BCUT2D eigenvalue weighted by molar-refractivity contribution is 0.535. The second-order valence-electron chi connectivity index (χ2n) is 13.1. The fraction of sp³-hybridized carbons (Fsp3) is 0.429. The van der Waals surface area contributed by atoms with Gasteiger partial charge in [-0.2, -0.15) is 0 Å². The van der Waals surface area contributed by atoms with Gasteiger partial charge in [0.1, 0.15) is 0 Å². The van der Waals surface area contributed by atoms with Crippen LogP contribution in [0.2, 0.25) is 19.6 Å². The first kappa shape index (κ1) is 29.4. The van der Waals surface area contributed by atoms with Crippen molar-refractivity contribution < 1.29 is 3.48 Å². The van der Waals surface area contributed by atoms with Gasteiger partial charge >= 0.3 is 14.9 Å². The van der Waals surface area contributed by atoms with Crippen LogP contribution in [0.5, 0.6) is 0 Å². The zero-order valence-electron chi connectivity index (χ0n) is 27.5. The van der Waals surface area contributed by atoms with Gasteiger partial charge in [-0.15, -0.1) is 0 Å². The fourth-order valence-corrected chi connectivity index (χ4v) is 13.1. The summed E-state index contributed by atoms with van der Waals surface area (Å²) in [6.45, 7) is 25.5. The lowest BCUT2D eigenvalue weighted by Crippen LogP contribution is -2.47. The highest BCUT2D eigenvalue weighted by molar-refractivity contribution is 6.76. The first-order valence-electron chi connectivity index (χ1n) is 15.9. The first-order valence-corrected chi connectivity index (χ1v) is 20.8. The van der Waals surface area contributed by atoms with Gasteiger partial charge in [0, 0.05) is 44.2 Å². The minimum absolute atomic E-state index is 0.978. The third-order valence-corrected chi connectivity index (χ3v) is 15.3. The Bertz CT molecular complexity index is 1850. The number of nitrogens with zero attached hydrogens (tertiary/aromatic N) is 2. The maximum atomic E-state index is 7.50. The van der Waals surface area contributed by atoms with Gasteiger partial charge in [-0.1, -0.05) is 27.7 Å². The van der Waals surface area contributed by atoms with Gasteiger partial charge in [0.05, 0.1) is 0 Å². The second-order valence-corrected chi connectivity index (χ2v) is 20.0. The molecular formula is C35H47AlN4OSi. The topological polar surface area (TPSA) is 50.7 Å². The van der Waals surface area contributed by atoms with Crippen LogP contribution in [0.1, 0.15) is 95.0 Å². The average molecular weight is 595 g/mol. The average Bonchev–Trinajstić information content (AvgIpc) is 3.56. The predicted molar refractivity (Wildman–Crippen MR) is 181 cm³/mol. The van der Waals surface area contributed by atoms with E-state index in [9.17, 15) is 0 Å². The van der Waals surface area contributed by atoms with E-state index in [1.54, 1.807) is 0 Å². The number of aromatic nitrogens is 4. The monoisotopic (exact) mass is 594 g/mol. The molecule has 4 aromatic rings. The Hall–Kier alpha value is -2.69. The minimum atomic E-state index is -2.33. The van der Waals surface area contributed by atoms with Crippen molar-refractivity contribution >= 4 is 47.5 Å². The molecule has 6 heterocycles. The Morgan fingerprint density at radius 1 is 0.548 bits per heavy atom. The largest absolute Gasteiger partial charge is 0.793 e. The number of aromatic amines is 2. The predicted octanol–water partition coefficient (Wildman–Crippen LogP) is 4.60. The van der Waals surface area contributed by atoms with Crippen LogP contribution in [0.4, 0.5) is 0 Å². The molecule has 2 aliphatic heterocycles. The lowest BCUT2D eigenvalue weighted by Gasteiger charge is -2.29. The zero-order chi connectivity index (χ0) is 30.2. The summed E-state index contributed by atoms with van der Waals surface area (Å²) >= 11 is -2.33. The van der Waals surface area contributed by atoms with Crippen molar-refractivity contribution in [3.8, 4) is 0 Å². The van der Waals surface area contributed by atoms with Crippen molar-refractivity contribution in [2.75, 3.05) is 0 Å². The molecule has 0 unspecified atom stereocenters. The molecule has 0 aromatic carbocycles. The smallest absolute Gasteiger partial charge is 0.509 e. The molecule has 0 saturated heterocycles. The summed E-state index contributed by atoms with van der Waals surface area (Å²) in [5.41, 5.74) is 16.3. The van der Waals surface area contributed by atoms with Crippen LogP contribution in [0.15, 0.2) is 0 Å². The maximum Gasteiger partial charge on any atom is 0.793 e. The highest BCUT2D eigenvalue weighted by Gasteiger charge is 2.43. The molecule has 0 saturated carbocycles. The van der Waals surface area contributed by atoms with Gasteiger partial charge in [-0.3, -0.25) is 0 Å². The van der Waals surface area contributed by atoms with Gasteiger partial charge in [0.25, 0.3) is 0 Å². The van der Waals surface area contributed by atoms with Crippen molar-refractivity contribution in [3.05, 3.63) is 88.7 Å². The molecule has 6 bridgehead atoms. The zero-order valence-corrected chi connectivity index (χ0v) is 29.7. The molecular weight excluding hydrogens is 547 g/mol. The molecule has 0 spiro atoms. The van der Waals surface area contributed by atoms with Gasteiger partial charge < -0.3 is 20.5 Å². The third-order valence-electron chi connectivity index (χ3n) is 9.67. The van der Waals surface area contributed by atoms with E-state index in [1.807, 2.05) is 0 Å². The summed E-state index contributed by atoms with van der Waals surface area (Å²) in [4.78, 5) is 7.76. The molecule has 4 aromatic heterocycles. The van der Waals surface area contributed by atoms with Crippen LogP contribution in [0, 0.1) is 27.7 Å². The number of rotatable bonds is 6. The molecule has 0 fully saturated rings. The van der Waals surface area contributed by atoms with E-state index < -0.39 is 23.2 Å². The molecule has 5 nitrogen and oxygen atoms in total. The van der Waals surface area contributed by atoms with E-state index in [0.29, 0.717) is 0 Å². The van der Waals surface area contributed by atoms with E-state index >= 15 is 0 Å². The Labute approximate surface area is 256 Å². The Morgan fingerprint density at radius 3 is 1.24 bits per heavy atom. The van der Waals surface area contributed by atoms with Crippen molar-refractivity contribution in [1.82, 2.24) is 17.1 Å². The summed E-state index contributed by atoms with van der Waals surface area (Å²) < 4.78 is 12.8. The number of hydrogen-bond acceptors (Lipinski definition) is 1. The van der Waals surface area contributed by atoms with Gasteiger partial charge in [-0.05, 0) is 142 Å². The highest BCUT2D eigenvalue weighted by Crippen LogP contribution is 2.32. The Kier molecular flexibility index (Phi) is 7.34. The van der Waals surface area contributed by atoms with Gasteiger partial charge in [0.15, 0.2) is 8.32 Å². The molecule has 42 heavy (non-hydrogen) atoms. The third kappa shape index (κ3) is 4.35. The van der Waals surface area contributed by atoms with Crippen molar-refractivity contribution in [2.45, 2.75) is 101 Å². The van der Waals surface area contributed by atoms with Crippen LogP contribution < -0.4 is 21.4 Å². The Balaban J connectivity index is 1.98. The highest BCUT2D eigenvalue weighted by atomic mass is 28.4. The lowest BCUT2D eigenvalue weighted by atomic mass is 10.0. The van der Waals surface area contributed by atoms with E-state index in [4.69, 9.17) is 3.48 Å². The second kappa shape index (κ2) is 10.5. The molecule has 2 N–H and O–H groups in total. The fourth-order valence-electron chi connectivity index (χ4n) is 7.53. The normalized spacial score (nSPS) is 17.1. The number of hydrogen-bond donors (Lipinski definition) is 2. The molecule has 6 rings (SSSR count). The Morgan fingerprint density at radius 2 is 0.905 bits per heavy atom. The molecule has 0 aliphatic carbocycles. The van der Waals surface area contributed by atoms with Crippen LogP contribution >= 0.6 is 0 Å². The maximum absolute atomic E-state index is 7.50. The van der Waals surface area contributed by atoms with Gasteiger partial charge in [0.2, 0.25) is 0 Å². The molecule has 7 heteroatoms. The van der Waals surface area contributed by atoms with E-state index in [-0.39, 0.29) is 0 Å². The molecule has 220 valence electrons. The van der Waals surface area contributed by atoms with E-state index in [0.717, 1.165) is 25.7 Å². The number of H-pyrrole nitrogens is 2. The summed E-state index contributed by atoms with van der Waals surface area (Å²) in [5, 5.41) is 4.91. The minimum Gasteiger partial charge on any atom is -0.509 e. The van der Waals surface area contributed by atoms with Crippen LogP contribution in [0.3, 0.4) is 0 Å². The van der Waals surface area contributed by atoms with E-state index in [2.05, 4.69) is 116 Å². The summed E-state index contributed by atoms with van der Waals surface area (Å²) in [5.74, 6) is 0. The molecule has 0 atom stereocenters. The SMILES string of the molecule is CCc1c(C)c2[n]3c1/C=c1\[nH]/c(c(CC)c1C)=C\c1c(C)c(CC)c([n]1[Al]3[O][Si](C)(C)C)/C=c1\[nH]/c(c(CC)c1C)=C\2. The van der Waals surface area contributed by atoms with Gasteiger partial charge in [-0.25, -0.2) is 0 Å². The standard InChI is InChI=1S/C32H38N4.C3H9OSi.Al/c1-9-21-17(5)25-14-30-23(11-3)19(7)27(35-30)16-32-24(12-4)20(8)28(36-32)15-31-22(10-2)18(6)26(34-31)13-29(21)33-25;1-5(2,3)4;/h13-16,33,36H,9-12H2,1-8H3;1-3H3;/q-2;-1;+3/b25-14-,26-13?,27-16?,28-15-,29-13-,30-14?,31-15?,32-16-;;. The van der Waals surface area contributed by atoms with E-state index in [1.165, 1.54) is 88.7 Å². The number of nitrogens with one attached hydrogen (secondary N) is 2. The number of fused-ring (bicyclic) bond motifs is 4. The summed E-state index contributed by atoms with van der Waals surface area (Å²) in [6.07, 6.45) is 13.7. The summed E-state index contributed by atoms with van der Waals surface area (Å²) in [6, 6.07) is 0. The molecule has 0 amide bonds. The van der Waals surface area contributed by atoms with Crippen LogP contribution in [-0.2, 0) is 29.2 Å². The van der Waals surface area contributed by atoms with Crippen LogP contribution in [0.25, 0.3) is 24.3 Å². The first-order chi connectivity index (χ1) is 19.9. The van der Waals surface area contributed by atoms with Crippen molar-refractivity contribution in [2.24, 2.45) is 0 Å². The molecule has 0 radical (unpaired) electrons. The molecule has 2 aliphatic rings. The van der Waals surface area contributed by atoms with Crippen molar-refractivity contribution in [1.29, 1.82) is 0 Å². The summed E-state index contributed by atoms with van der Waals surface area (Å²) in [7, 11) is -1.97.